The number of nitrogens with zero attached hydrogens (tertiary/aromatic N) is 1. The topological polar surface area (TPSA) is 315 Å². The number of nitrogens with one attached hydrogen (secondary N) is 7. The van der Waals surface area contributed by atoms with Gasteiger partial charge >= 0.3 is 12.0 Å². The van der Waals surface area contributed by atoms with Crippen molar-refractivity contribution in [3.05, 3.63) is 62.2 Å². The minimum atomic E-state index is -1.03. The molecule has 0 radical (unpaired) electrons. The molecule has 22 heteroatoms. The lowest BCUT2D eigenvalue weighted by Crippen LogP contribution is -2.54. The Balaban J connectivity index is 1.21. The number of ether oxygens (including phenoxy) is 1. The number of benzene rings is 2. The number of unbranched alkanes of at least 4 members (excludes halogenated alkanes) is 4. The van der Waals surface area contributed by atoms with Crippen LogP contribution in [0.15, 0.2) is 41.4 Å². The molecule has 0 saturated carbocycles. The first kappa shape index (κ1) is 57.9. The third kappa shape index (κ3) is 20.5. The van der Waals surface area contributed by atoms with Crippen LogP contribution >= 0.6 is 34.4 Å². The van der Waals surface area contributed by atoms with Crippen LogP contribution in [-0.2, 0) is 39.9 Å². The van der Waals surface area contributed by atoms with Crippen molar-refractivity contribution in [1.29, 1.82) is 0 Å². The fourth-order valence-corrected chi connectivity index (χ4v) is 10.5. The molecule has 2 aliphatic heterocycles. The van der Waals surface area contributed by atoms with Gasteiger partial charge in [0, 0.05) is 56.8 Å². The molecule has 7 amide bonds. The third-order valence-corrected chi connectivity index (χ3v) is 14.6. The normalized spacial score (nSPS) is 17.0. The standard InChI is InChI=1S/C49H71IN10O10S/c1-29-13-11-14-30(2)43(29)47(68)70-27-39(63)34(16-12-24-55-48(51)52)57-42(65)19-5-4-9-23-54-45(66)36(26-32-20-21-38(62)33(50)25-32)58-46(67)35(56-31(3)61)15-8-10-22-53-41(64)18-7-6-17-40-44-37(28-71-40)59-49(69)60-44/h11,13-14,20-21,25,34-37,40,44,62H,4-10,12,15-19,22-24,26-28H2,1-3H3,(H,53,64)(H,54,66)(H,56,61)(H,57,65)(H,58,67)(H4,51,52,55)(H2,59,60,69)/t34-,35-,36-,37-,40?,44-/m0/s1/i50-2. The maximum Gasteiger partial charge on any atom is 0.339 e. The Kier molecular flexibility index (Phi) is 24.7. The van der Waals surface area contributed by atoms with Crippen molar-refractivity contribution in [1.82, 2.24) is 37.2 Å². The summed E-state index contributed by atoms with van der Waals surface area (Å²) in [7, 11) is 0. The predicted molar refractivity (Wildman–Crippen MR) is 279 cm³/mol. The zero-order valence-electron chi connectivity index (χ0n) is 40.9. The summed E-state index contributed by atoms with van der Waals surface area (Å²) in [5.41, 5.74) is 13.4. The molecule has 6 atom stereocenters. The molecule has 2 fully saturated rings. The SMILES string of the molecule is CC(=O)N[C@@H](CCCCNC(=O)CCCCC1SC[C@@H]2NC(=O)N[C@H]12)C(=O)N[C@@H](Cc1ccc(O)c([125I])c1)C(=O)NCCCCCC(=O)N[C@@H](CCCN=C(N)N)C(=O)COC(=O)c1c(C)cccc1C. The number of fused-ring (bicyclic) bond motifs is 1. The van der Waals surface area contributed by atoms with Crippen LogP contribution in [0, 0.1) is 17.4 Å². The number of amides is 7. The van der Waals surface area contributed by atoms with Crippen LogP contribution in [0.1, 0.15) is 117 Å². The molecule has 390 valence electrons. The van der Waals surface area contributed by atoms with E-state index >= 15 is 0 Å². The van der Waals surface area contributed by atoms with Crippen molar-refractivity contribution in [3.63, 3.8) is 0 Å². The molecule has 20 nitrogen and oxygen atoms in total. The van der Waals surface area contributed by atoms with Gasteiger partial charge in [-0.25, -0.2) is 9.59 Å². The first-order valence-corrected chi connectivity index (χ1v) is 26.4. The van der Waals surface area contributed by atoms with Gasteiger partial charge < -0.3 is 58.5 Å². The van der Waals surface area contributed by atoms with Crippen molar-refractivity contribution >= 4 is 87.6 Å². The van der Waals surface area contributed by atoms with Gasteiger partial charge in [0.05, 0.1) is 27.3 Å². The van der Waals surface area contributed by atoms with E-state index in [1.54, 1.807) is 38.1 Å². The number of aryl methyl sites for hydroxylation is 2. The van der Waals surface area contributed by atoms with E-state index in [0.29, 0.717) is 82.6 Å². The number of hydrogen-bond donors (Lipinski definition) is 10. The summed E-state index contributed by atoms with van der Waals surface area (Å²) >= 11 is 3.82. The molecule has 0 aliphatic carbocycles. The van der Waals surface area contributed by atoms with Crippen LogP contribution in [0.25, 0.3) is 0 Å². The van der Waals surface area contributed by atoms with Gasteiger partial charge in [-0.3, -0.25) is 33.8 Å². The second-order valence-electron chi connectivity index (χ2n) is 18.0. The highest BCUT2D eigenvalue weighted by atomic mass is 125. The number of phenolic OH excluding ortho intramolecular Hbond substituents is 1. The van der Waals surface area contributed by atoms with E-state index in [2.05, 4.69) is 42.2 Å². The Morgan fingerprint density at radius 1 is 0.817 bits per heavy atom. The van der Waals surface area contributed by atoms with Gasteiger partial charge in [-0.15, -0.1) is 0 Å². The fourth-order valence-electron chi connectivity index (χ4n) is 8.42. The minimum absolute atomic E-state index is 0.0609. The number of hydrogen-bond acceptors (Lipinski definition) is 12. The largest absolute Gasteiger partial charge is 0.507 e. The summed E-state index contributed by atoms with van der Waals surface area (Å²) in [4.78, 5) is 107. The number of carbonyl (C=O) groups is 8. The molecular formula is C49H71IN10O10S. The van der Waals surface area contributed by atoms with Crippen molar-refractivity contribution in [3.8, 4) is 5.75 Å². The number of halogens is 1. The summed E-state index contributed by atoms with van der Waals surface area (Å²) in [5.74, 6) is -2.10. The Bertz CT molecular complexity index is 2190. The molecule has 4 rings (SSSR count). The Labute approximate surface area is 433 Å². The number of thioether (sulfide) groups is 1. The maximum absolute atomic E-state index is 13.7. The van der Waals surface area contributed by atoms with E-state index in [4.69, 9.17) is 16.2 Å². The van der Waals surface area contributed by atoms with Gasteiger partial charge in [-0.05, 0) is 123 Å². The summed E-state index contributed by atoms with van der Waals surface area (Å²) < 4.78 is 5.93. The van der Waals surface area contributed by atoms with Crippen molar-refractivity contribution in [2.24, 2.45) is 16.5 Å². The molecule has 2 aliphatic rings. The number of esters is 1. The van der Waals surface area contributed by atoms with Crippen LogP contribution < -0.4 is 48.7 Å². The van der Waals surface area contributed by atoms with Crippen LogP contribution in [-0.4, -0.2) is 126 Å². The monoisotopic (exact) mass is 1120 g/mol. The fraction of sp³-hybridized carbons (Fsp3) is 0.571. The molecule has 2 aromatic rings. The Hall–Kier alpha value is -5.65. The van der Waals surface area contributed by atoms with Crippen LogP contribution in [0.3, 0.4) is 0 Å². The number of urea groups is 1. The lowest BCUT2D eigenvalue weighted by atomic mass is 10.0. The molecule has 1 unspecified atom stereocenters. The van der Waals surface area contributed by atoms with Gasteiger partial charge in [0.1, 0.15) is 17.8 Å². The molecule has 2 heterocycles. The van der Waals surface area contributed by atoms with Gasteiger partial charge in [0.2, 0.25) is 29.5 Å². The molecule has 2 saturated heterocycles. The average Bonchev–Trinajstić information content (AvgIpc) is 3.87. The second kappa shape index (κ2) is 30.3. The molecule has 71 heavy (non-hydrogen) atoms. The van der Waals surface area contributed by atoms with Crippen molar-refractivity contribution in [2.45, 2.75) is 146 Å². The third-order valence-electron chi connectivity index (χ3n) is 12.2. The van der Waals surface area contributed by atoms with E-state index in [1.165, 1.54) is 13.0 Å². The summed E-state index contributed by atoms with van der Waals surface area (Å²) in [6.45, 7) is 5.19. The highest BCUT2D eigenvalue weighted by molar-refractivity contribution is 14.1. The van der Waals surface area contributed by atoms with E-state index < -0.39 is 54.2 Å². The maximum atomic E-state index is 13.7. The average molecular weight is 1120 g/mol. The molecule has 2 aromatic carbocycles. The summed E-state index contributed by atoms with van der Waals surface area (Å²) in [6, 6.07) is 7.53. The summed E-state index contributed by atoms with van der Waals surface area (Å²) in [5, 5.41) is 30.4. The number of phenols is 1. The Morgan fingerprint density at radius 3 is 2.23 bits per heavy atom. The predicted octanol–water partition coefficient (Wildman–Crippen LogP) is 2.80. The minimum Gasteiger partial charge on any atom is -0.507 e. The van der Waals surface area contributed by atoms with E-state index in [-0.39, 0.29) is 80.4 Å². The molecule has 0 spiro atoms. The quantitative estimate of drug-likeness (QED) is 0.0130. The van der Waals surface area contributed by atoms with E-state index in [9.17, 15) is 43.5 Å². The van der Waals surface area contributed by atoms with Gasteiger partial charge in [-0.2, -0.15) is 11.8 Å². The Morgan fingerprint density at radius 2 is 1.51 bits per heavy atom. The first-order chi connectivity index (χ1) is 33.9. The number of ketones is 1. The van der Waals surface area contributed by atoms with Gasteiger partial charge in [0.25, 0.3) is 0 Å². The molecule has 0 bridgehead atoms. The second-order valence-corrected chi connectivity index (χ2v) is 20.4. The number of carbonyl (C=O) groups excluding carboxylic acids is 8. The van der Waals surface area contributed by atoms with Crippen LogP contribution in [0.4, 0.5) is 4.79 Å². The number of nitrogens with two attached hydrogens (primary N) is 2. The zero-order chi connectivity index (χ0) is 51.9. The van der Waals surface area contributed by atoms with E-state index in [1.807, 2.05) is 40.4 Å². The highest BCUT2D eigenvalue weighted by Gasteiger charge is 2.42. The molecule has 0 aromatic heterocycles. The van der Waals surface area contributed by atoms with Gasteiger partial charge in [0.15, 0.2) is 18.3 Å². The van der Waals surface area contributed by atoms with Crippen molar-refractivity contribution in [2.75, 3.05) is 32.0 Å². The van der Waals surface area contributed by atoms with Crippen molar-refractivity contribution < 1.29 is 48.2 Å². The lowest BCUT2D eigenvalue weighted by molar-refractivity contribution is -0.131. The zero-order valence-corrected chi connectivity index (χ0v) is 43.8. The van der Waals surface area contributed by atoms with Crippen LogP contribution in [0.5, 0.6) is 5.75 Å². The number of Topliss-reactive ketones (excluding diaryl/α,β-unsaturated/α-hetero) is 1. The highest BCUT2D eigenvalue weighted by Crippen LogP contribution is 2.33. The smallest absolute Gasteiger partial charge is 0.339 e. The molecule has 12 N–H and O–H groups in total. The van der Waals surface area contributed by atoms with Crippen LogP contribution in [0.2, 0.25) is 0 Å². The number of guanidine groups is 1. The number of rotatable bonds is 31. The van der Waals surface area contributed by atoms with E-state index in [0.717, 1.165) is 25.0 Å². The first-order valence-electron chi connectivity index (χ1n) is 24.3. The lowest BCUT2D eigenvalue weighted by Gasteiger charge is -2.23. The van der Waals surface area contributed by atoms with Gasteiger partial charge in [-0.1, -0.05) is 37.1 Å². The number of aliphatic imine (C=N–C) groups is 1. The number of aromatic hydroxyl groups is 1. The summed E-state index contributed by atoms with van der Waals surface area (Å²) in [6.07, 6.45) is 6.51. The molecular weight excluding hydrogens is 1050 g/mol.